The van der Waals surface area contributed by atoms with E-state index in [0.29, 0.717) is 22.8 Å². The largest absolute Gasteiger partial charge is 0.377 e. The summed E-state index contributed by atoms with van der Waals surface area (Å²) in [5.41, 5.74) is 1.21. The van der Waals surface area contributed by atoms with E-state index in [2.05, 4.69) is 5.10 Å². The molecule has 1 unspecified atom stereocenters. The van der Waals surface area contributed by atoms with Crippen molar-refractivity contribution in [3.8, 4) is 0 Å². The fourth-order valence-corrected chi connectivity index (χ4v) is 4.21. The van der Waals surface area contributed by atoms with Crippen molar-refractivity contribution < 1.29 is 13.2 Å². The Morgan fingerprint density at radius 2 is 2.10 bits per heavy atom. The molecule has 0 bridgehead atoms. The van der Waals surface area contributed by atoms with E-state index >= 15 is 0 Å². The molecule has 1 atom stereocenters. The summed E-state index contributed by atoms with van der Waals surface area (Å²) in [4.78, 5) is 0.318. The molecule has 1 aromatic rings. The second kappa shape index (κ2) is 5.83. The van der Waals surface area contributed by atoms with Crippen LogP contribution < -0.4 is 0 Å². The van der Waals surface area contributed by atoms with E-state index in [4.69, 9.17) is 4.74 Å². The predicted octanol–water partition coefficient (Wildman–Crippen LogP) is 1.23. The third-order valence-electron chi connectivity index (χ3n) is 3.85. The van der Waals surface area contributed by atoms with Gasteiger partial charge in [-0.05, 0) is 33.1 Å². The Morgan fingerprint density at radius 1 is 1.40 bits per heavy atom. The minimum absolute atomic E-state index is 0.000749. The lowest BCUT2D eigenvalue weighted by Gasteiger charge is -2.27. The maximum atomic E-state index is 12.7. The zero-order valence-electron chi connectivity index (χ0n) is 12.6. The van der Waals surface area contributed by atoms with Gasteiger partial charge in [0.15, 0.2) is 0 Å². The van der Waals surface area contributed by atoms with E-state index in [1.807, 2.05) is 0 Å². The molecule has 0 radical (unpaired) electrons. The van der Waals surface area contributed by atoms with Gasteiger partial charge in [0.2, 0.25) is 10.0 Å². The zero-order chi connectivity index (χ0) is 14.9. The van der Waals surface area contributed by atoms with Crippen molar-refractivity contribution in [2.45, 2.75) is 44.1 Å². The van der Waals surface area contributed by atoms with Gasteiger partial charge in [0.25, 0.3) is 0 Å². The Morgan fingerprint density at radius 3 is 2.60 bits per heavy atom. The van der Waals surface area contributed by atoms with Crippen molar-refractivity contribution in [1.29, 1.82) is 0 Å². The Kier molecular flexibility index (Phi) is 4.51. The molecule has 114 valence electrons. The average molecular weight is 301 g/mol. The maximum absolute atomic E-state index is 12.7. The van der Waals surface area contributed by atoms with E-state index in [9.17, 15) is 8.42 Å². The lowest BCUT2D eigenvalue weighted by Crippen LogP contribution is -2.37. The van der Waals surface area contributed by atoms with Gasteiger partial charge in [-0.1, -0.05) is 0 Å². The molecular weight excluding hydrogens is 278 g/mol. The second-order valence-electron chi connectivity index (χ2n) is 5.40. The molecule has 0 aliphatic carbocycles. The molecule has 2 rings (SSSR count). The Bertz CT molecular complexity index is 574. The number of ether oxygens (including phenoxy) is 1. The van der Waals surface area contributed by atoms with Crippen LogP contribution in [0.3, 0.4) is 0 Å². The molecule has 0 saturated carbocycles. The number of aryl methyl sites for hydroxylation is 2. The Hall–Kier alpha value is -0.920. The van der Waals surface area contributed by atoms with Crippen LogP contribution in [-0.4, -0.2) is 48.8 Å². The smallest absolute Gasteiger partial charge is 0.246 e. The number of nitrogens with zero attached hydrogens (tertiary/aromatic N) is 3. The molecule has 2 heterocycles. The summed E-state index contributed by atoms with van der Waals surface area (Å²) in [7, 11) is -0.143. The number of hydrogen-bond donors (Lipinski definition) is 0. The highest BCUT2D eigenvalue weighted by molar-refractivity contribution is 7.89. The fraction of sp³-hybridized carbons (Fsp3) is 0.769. The van der Waals surface area contributed by atoms with Crippen LogP contribution in [0, 0.1) is 13.8 Å². The van der Waals surface area contributed by atoms with E-state index in [0.717, 1.165) is 25.9 Å². The average Bonchev–Trinajstić information content (AvgIpc) is 2.64. The van der Waals surface area contributed by atoms with Crippen LogP contribution in [0.5, 0.6) is 0 Å². The zero-order valence-corrected chi connectivity index (χ0v) is 13.4. The van der Waals surface area contributed by atoms with Gasteiger partial charge in [0.1, 0.15) is 4.90 Å². The number of sulfonamides is 1. The number of hydrogen-bond acceptors (Lipinski definition) is 4. The summed E-state index contributed by atoms with van der Waals surface area (Å²) in [5, 5.41) is 4.19. The minimum atomic E-state index is -3.51. The van der Waals surface area contributed by atoms with Crippen LogP contribution >= 0.6 is 0 Å². The molecule has 7 heteroatoms. The first-order chi connectivity index (χ1) is 9.34. The first kappa shape index (κ1) is 15.5. The highest BCUT2D eigenvalue weighted by Gasteiger charge is 2.30. The highest BCUT2D eigenvalue weighted by Crippen LogP contribution is 2.23. The van der Waals surface area contributed by atoms with E-state index in [-0.39, 0.29) is 6.10 Å². The molecule has 20 heavy (non-hydrogen) atoms. The lowest BCUT2D eigenvalue weighted by atomic mass is 10.1. The normalized spacial score (nSPS) is 20.6. The van der Waals surface area contributed by atoms with Gasteiger partial charge in [0.05, 0.1) is 17.5 Å². The lowest BCUT2D eigenvalue weighted by molar-refractivity contribution is 0.00858. The van der Waals surface area contributed by atoms with Crippen molar-refractivity contribution >= 4 is 10.0 Å². The highest BCUT2D eigenvalue weighted by atomic mass is 32.2. The summed E-state index contributed by atoms with van der Waals surface area (Å²) in [6.07, 6.45) is 3.09. The topological polar surface area (TPSA) is 64.4 Å². The summed E-state index contributed by atoms with van der Waals surface area (Å²) >= 11 is 0. The molecule has 6 nitrogen and oxygen atoms in total. The maximum Gasteiger partial charge on any atom is 0.246 e. The molecular formula is C13H23N3O3S. The van der Waals surface area contributed by atoms with Gasteiger partial charge in [-0.3, -0.25) is 4.68 Å². The molecule has 1 aromatic heterocycles. The van der Waals surface area contributed by atoms with Crippen molar-refractivity contribution in [3.63, 3.8) is 0 Å². The van der Waals surface area contributed by atoms with Crippen molar-refractivity contribution in [2.24, 2.45) is 7.05 Å². The number of rotatable bonds is 4. The van der Waals surface area contributed by atoms with Crippen LogP contribution in [0.15, 0.2) is 4.90 Å². The first-order valence-electron chi connectivity index (χ1n) is 6.92. The third kappa shape index (κ3) is 2.89. The second-order valence-corrected chi connectivity index (χ2v) is 7.38. The number of likely N-dealkylation sites (N-methyl/N-ethyl adjacent to an activating group) is 1. The van der Waals surface area contributed by atoms with E-state index in [1.54, 1.807) is 32.6 Å². The quantitative estimate of drug-likeness (QED) is 0.839. The molecule has 0 aromatic carbocycles. The summed E-state index contributed by atoms with van der Waals surface area (Å²) in [6, 6.07) is 0. The standard InChI is InChI=1S/C13H23N3O3S/c1-10-13(11(2)16(4)14-10)20(17,18)15(3)9-12-7-5-6-8-19-12/h12H,5-9H2,1-4H3. The molecule has 0 spiro atoms. The Balaban J connectivity index is 2.20. The van der Waals surface area contributed by atoms with Gasteiger partial charge in [-0.15, -0.1) is 0 Å². The van der Waals surface area contributed by atoms with Crippen LogP contribution in [0.2, 0.25) is 0 Å². The number of aromatic nitrogens is 2. The van der Waals surface area contributed by atoms with Gasteiger partial charge in [-0.25, -0.2) is 8.42 Å². The van der Waals surface area contributed by atoms with Crippen LogP contribution in [0.4, 0.5) is 0 Å². The van der Waals surface area contributed by atoms with Gasteiger partial charge >= 0.3 is 0 Å². The van der Waals surface area contributed by atoms with E-state index < -0.39 is 10.0 Å². The summed E-state index contributed by atoms with van der Waals surface area (Å²) < 4.78 is 34.0. The molecule has 1 fully saturated rings. The summed E-state index contributed by atoms with van der Waals surface area (Å²) in [5.74, 6) is 0. The fourth-order valence-electron chi connectivity index (χ4n) is 2.62. The minimum Gasteiger partial charge on any atom is -0.377 e. The van der Waals surface area contributed by atoms with Crippen molar-refractivity contribution in [3.05, 3.63) is 11.4 Å². The molecule has 0 N–H and O–H groups in total. The van der Waals surface area contributed by atoms with Crippen molar-refractivity contribution in [1.82, 2.24) is 14.1 Å². The molecule has 1 aliphatic rings. The first-order valence-corrected chi connectivity index (χ1v) is 8.36. The Labute approximate surface area is 120 Å². The molecule has 0 amide bonds. The van der Waals surface area contributed by atoms with Gasteiger partial charge < -0.3 is 4.74 Å². The molecule has 1 aliphatic heterocycles. The monoisotopic (exact) mass is 301 g/mol. The SMILES string of the molecule is Cc1nn(C)c(C)c1S(=O)(=O)N(C)CC1CCCCO1. The van der Waals surface area contributed by atoms with Gasteiger partial charge in [0, 0.05) is 27.2 Å². The predicted molar refractivity (Wildman–Crippen MR) is 76.1 cm³/mol. The third-order valence-corrected chi connectivity index (χ3v) is 5.92. The summed E-state index contributed by atoms with van der Waals surface area (Å²) in [6.45, 7) is 4.63. The van der Waals surface area contributed by atoms with Crippen LogP contribution in [0.25, 0.3) is 0 Å². The van der Waals surface area contributed by atoms with Crippen molar-refractivity contribution in [2.75, 3.05) is 20.2 Å². The van der Waals surface area contributed by atoms with Gasteiger partial charge in [-0.2, -0.15) is 9.40 Å². The molecule has 1 saturated heterocycles. The van der Waals surface area contributed by atoms with Crippen LogP contribution in [0.1, 0.15) is 30.7 Å². The van der Waals surface area contributed by atoms with E-state index in [1.165, 1.54) is 4.31 Å². The van der Waals surface area contributed by atoms with Crippen LogP contribution in [-0.2, 0) is 21.8 Å².